The van der Waals surface area contributed by atoms with Gasteiger partial charge in [-0.25, -0.2) is 4.98 Å². The third-order valence-corrected chi connectivity index (χ3v) is 3.12. The third-order valence-electron chi connectivity index (χ3n) is 2.82. The Balaban J connectivity index is 2.30. The van der Waals surface area contributed by atoms with E-state index in [1.807, 2.05) is 11.0 Å². The zero-order valence-electron chi connectivity index (χ0n) is 8.73. The van der Waals surface area contributed by atoms with Gasteiger partial charge in [-0.3, -0.25) is 0 Å². The van der Waals surface area contributed by atoms with E-state index in [0.29, 0.717) is 5.02 Å². The number of nitrogens with zero attached hydrogens (tertiary/aromatic N) is 3. The fourth-order valence-corrected chi connectivity index (χ4v) is 2.14. The molecule has 2 rings (SSSR count). The van der Waals surface area contributed by atoms with Crippen LogP contribution < -0.4 is 4.90 Å². The summed E-state index contributed by atoms with van der Waals surface area (Å²) in [6.07, 6.45) is 2.00. The SMILES string of the molecule is N#Cc1nc(N2CCC[C@H]2CO)ccc1Cl. The summed E-state index contributed by atoms with van der Waals surface area (Å²) in [5, 5.41) is 18.4. The molecule has 1 aliphatic heterocycles. The van der Waals surface area contributed by atoms with Crippen LogP contribution in [0.3, 0.4) is 0 Å². The van der Waals surface area contributed by atoms with Crippen LogP contribution in [0.1, 0.15) is 18.5 Å². The predicted octanol–water partition coefficient (Wildman–Crippen LogP) is 1.57. The normalized spacial score (nSPS) is 19.8. The van der Waals surface area contributed by atoms with Gasteiger partial charge in [0.1, 0.15) is 11.9 Å². The number of rotatable bonds is 2. The van der Waals surface area contributed by atoms with Gasteiger partial charge < -0.3 is 10.0 Å². The molecule has 5 heteroatoms. The molecule has 0 spiro atoms. The number of halogens is 1. The molecule has 0 aliphatic carbocycles. The number of aliphatic hydroxyl groups excluding tert-OH is 1. The van der Waals surface area contributed by atoms with E-state index in [-0.39, 0.29) is 18.3 Å². The highest BCUT2D eigenvalue weighted by atomic mass is 35.5. The first-order valence-corrected chi connectivity index (χ1v) is 5.58. The molecule has 0 bridgehead atoms. The number of hydrogen-bond donors (Lipinski definition) is 1. The fourth-order valence-electron chi connectivity index (χ4n) is 2.00. The quantitative estimate of drug-likeness (QED) is 0.848. The minimum atomic E-state index is 0.111. The maximum absolute atomic E-state index is 9.22. The van der Waals surface area contributed by atoms with E-state index >= 15 is 0 Å². The maximum atomic E-state index is 9.22. The Morgan fingerprint density at radius 2 is 2.44 bits per heavy atom. The smallest absolute Gasteiger partial charge is 0.161 e. The molecule has 0 radical (unpaired) electrons. The largest absolute Gasteiger partial charge is 0.394 e. The second-order valence-corrected chi connectivity index (χ2v) is 4.19. The molecule has 1 aliphatic rings. The highest BCUT2D eigenvalue weighted by molar-refractivity contribution is 6.31. The molecule has 0 saturated carbocycles. The molecule has 1 aromatic rings. The molecule has 1 saturated heterocycles. The molecule has 16 heavy (non-hydrogen) atoms. The lowest BCUT2D eigenvalue weighted by Crippen LogP contribution is -2.32. The third kappa shape index (κ3) is 1.97. The van der Waals surface area contributed by atoms with Crippen molar-refractivity contribution >= 4 is 17.4 Å². The van der Waals surface area contributed by atoms with E-state index in [1.54, 1.807) is 12.1 Å². The van der Waals surface area contributed by atoms with Crippen molar-refractivity contribution in [1.29, 1.82) is 5.26 Å². The lowest BCUT2D eigenvalue weighted by atomic mass is 10.2. The minimum Gasteiger partial charge on any atom is -0.394 e. The fraction of sp³-hybridized carbons (Fsp3) is 0.455. The van der Waals surface area contributed by atoms with E-state index in [9.17, 15) is 5.11 Å². The van der Waals surface area contributed by atoms with Gasteiger partial charge in [0.05, 0.1) is 17.7 Å². The van der Waals surface area contributed by atoms with Gasteiger partial charge in [0.2, 0.25) is 0 Å². The van der Waals surface area contributed by atoms with Crippen molar-refractivity contribution < 1.29 is 5.11 Å². The first-order chi connectivity index (χ1) is 7.76. The Kier molecular flexibility index (Phi) is 3.28. The highest BCUT2D eigenvalue weighted by Gasteiger charge is 2.25. The van der Waals surface area contributed by atoms with Crippen molar-refractivity contribution in [1.82, 2.24) is 4.98 Å². The van der Waals surface area contributed by atoms with Gasteiger partial charge in [-0.15, -0.1) is 0 Å². The minimum absolute atomic E-state index is 0.111. The summed E-state index contributed by atoms with van der Waals surface area (Å²) < 4.78 is 0. The average molecular weight is 238 g/mol. The van der Waals surface area contributed by atoms with E-state index in [4.69, 9.17) is 16.9 Å². The van der Waals surface area contributed by atoms with Crippen LogP contribution in [0.5, 0.6) is 0 Å². The summed E-state index contributed by atoms with van der Waals surface area (Å²) in [6, 6.07) is 5.54. The number of aliphatic hydroxyl groups is 1. The number of pyridine rings is 1. The van der Waals surface area contributed by atoms with Crippen LogP contribution in [0.2, 0.25) is 5.02 Å². The second kappa shape index (κ2) is 4.69. The van der Waals surface area contributed by atoms with Gasteiger partial charge in [-0.05, 0) is 25.0 Å². The van der Waals surface area contributed by atoms with Gasteiger partial charge in [-0.1, -0.05) is 11.6 Å². The van der Waals surface area contributed by atoms with E-state index in [1.165, 1.54) is 0 Å². The summed E-state index contributed by atoms with van der Waals surface area (Å²) in [4.78, 5) is 6.22. The lowest BCUT2D eigenvalue weighted by molar-refractivity contribution is 0.266. The Bertz CT molecular complexity index is 430. The summed E-state index contributed by atoms with van der Waals surface area (Å²) in [5.74, 6) is 0.720. The van der Waals surface area contributed by atoms with Crippen LogP contribution in [0.4, 0.5) is 5.82 Å². The predicted molar refractivity (Wildman–Crippen MR) is 61.4 cm³/mol. The Labute approximate surface area is 99.1 Å². The number of anilines is 1. The van der Waals surface area contributed by atoms with Crippen molar-refractivity contribution in [2.75, 3.05) is 18.1 Å². The highest BCUT2D eigenvalue weighted by Crippen LogP contribution is 2.25. The summed E-state index contributed by atoms with van der Waals surface area (Å²) in [6.45, 7) is 0.983. The monoisotopic (exact) mass is 237 g/mol. The standard InChI is InChI=1S/C11H12ClN3O/c12-9-3-4-11(14-10(9)6-13)15-5-1-2-8(15)7-16/h3-4,8,16H,1-2,5,7H2/t8-/m0/s1. The number of aromatic nitrogens is 1. The first-order valence-electron chi connectivity index (χ1n) is 5.20. The average Bonchev–Trinajstić information content (AvgIpc) is 2.78. The molecule has 4 nitrogen and oxygen atoms in total. The van der Waals surface area contributed by atoms with Crippen molar-refractivity contribution in [2.24, 2.45) is 0 Å². The summed E-state index contributed by atoms with van der Waals surface area (Å²) in [5.41, 5.74) is 0.239. The zero-order chi connectivity index (χ0) is 11.5. The Morgan fingerprint density at radius 1 is 1.62 bits per heavy atom. The van der Waals surface area contributed by atoms with E-state index in [0.717, 1.165) is 25.2 Å². The van der Waals surface area contributed by atoms with Crippen LogP contribution in [0, 0.1) is 11.3 Å². The van der Waals surface area contributed by atoms with Crippen molar-refractivity contribution in [3.8, 4) is 6.07 Å². The van der Waals surface area contributed by atoms with Crippen LogP contribution in [-0.4, -0.2) is 29.3 Å². The van der Waals surface area contributed by atoms with Gasteiger partial charge >= 0.3 is 0 Å². The van der Waals surface area contributed by atoms with Crippen LogP contribution in [0.15, 0.2) is 12.1 Å². The van der Waals surface area contributed by atoms with Gasteiger partial charge in [0.25, 0.3) is 0 Å². The molecule has 1 N–H and O–H groups in total. The molecule has 1 aromatic heterocycles. The lowest BCUT2D eigenvalue weighted by Gasteiger charge is -2.24. The van der Waals surface area contributed by atoms with Crippen LogP contribution >= 0.6 is 11.6 Å². The van der Waals surface area contributed by atoms with Crippen molar-refractivity contribution in [3.05, 3.63) is 22.8 Å². The Morgan fingerprint density at radius 3 is 3.12 bits per heavy atom. The molecule has 1 atom stereocenters. The molecule has 2 heterocycles. The second-order valence-electron chi connectivity index (χ2n) is 3.78. The molecular weight excluding hydrogens is 226 g/mol. The topological polar surface area (TPSA) is 60.2 Å². The van der Waals surface area contributed by atoms with Crippen LogP contribution in [-0.2, 0) is 0 Å². The zero-order valence-corrected chi connectivity index (χ0v) is 9.48. The molecular formula is C11H12ClN3O. The van der Waals surface area contributed by atoms with E-state index < -0.39 is 0 Å². The van der Waals surface area contributed by atoms with Gasteiger partial charge in [0, 0.05) is 6.54 Å². The van der Waals surface area contributed by atoms with Gasteiger partial charge in [0.15, 0.2) is 5.69 Å². The van der Waals surface area contributed by atoms with E-state index in [2.05, 4.69) is 4.98 Å². The molecule has 0 amide bonds. The first kappa shape index (κ1) is 11.2. The molecule has 1 fully saturated rings. The van der Waals surface area contributed by atoms with Gasteiger partial charge in [-0.2, -0.15) is 5.26 Å². The summed E-state index contributed by atoms with van der Waals surface area (Å²) in [7, 11) is 0. The number of nitriles is 1. The van der Waals surface area contributed by atoms with Crippen LogP contribution in [0.25, 0.3) is 0 Å². The maximum Gasteiger partial charge on any atom is 0.161 e. The number of hydrogen-bond acceptors (Lipinski definition) is 4. The molecule has 84 valence electrons. The molecule has 0 unspecified atom stereocenters. The summed E-state index contributed by atoms with van der Waals surface area (Å²) >= 11 is 5.82. The van der Waals surface area contributed by atoms with Crippen molar-refractivity contribution in [2.45, 2.75) is 18.9 Å². The molecule has 0 aromatic carbocycles. The van der Waals surface area contributed by atoms with Crippen molar-refractivity contribution in [3.63, 3.8) is 0 Å². The Hall–Kier alpha value is -1.31.